The predicted octanol–water partition coefficient (Wildman–Crippen LogP) is 2.92. The van der Waals surface area contributed by atoms with E-state index >= 15 is 0 Å². The number of esters is 1. The first-order valence-corrected chi connectivity index (χ1v) is 7.72. The maximum atomic E-state index is 12.9. The van der Waals surface area contributed by atoms with Gasteiger partial charge < -0.3 is 10.1 Å². The molecule has 1 N–H and O–H groups in total. The van der Waals surface area contributed by atoms with Crippen LogP contribution in [0.2, 0.25) is 5.02 Å². The van der Waals surface area contributed by atoms with E-state index in [1.807, 2.05) is 0 Å². The van der Waals surface area contributed by atoms with Crippen molar-refractivity contribution in [3.05, 3.63) is 70.5 Å². The summed E-state index contributed by atoms with van der Waals surface area (Å²) in [5.74, 6) is -1.28. The summed E-state index contributed by atoms with van der Waals surface area (Å²) in [5.41, 5.74) is 1.38. The van der Waals surface area contributed by atoms with Crippen molar-refractivity contribution < 1.29 is 18.7 Å². The highest BCUT2D eigenvalue weighted by molar-refractivity contribution is 6.31. The van der Waals surface area contributed by atoms with Gasteiger partial charge in [0.2, 0.25) is 5.91 Å². The molecule has 2 aromatic rings. The van der Waals surface area contributed by atoms with Crippen LogP contribution in [-0.2, 0) is 27.2 Å². The van der Waals surface area contributed by atoms with Gasteiger partial charge in [-0.2, -0.15) is 0 Å². The molecule has 1 atom stereocenters. The minimum atomic E-state index is -0.845. The smallest absolute Gasteiger partial charge is 0.328 e. The number of nitrogens with one attached hydrogen (secondary N) is 1. The second-order valence-corrected chi connectivity index (χ2v) is 5.65. The number of halogens is 2. The molecule has 4 nitrogen and oxygen atoms in total. The predicted molar refractivity (Wildman–Crippen MR) is 89.2 cm³/mol. The van der Waals surface area contributed by atoms with Gasteiger partial charge in [-0.3, -0.25) is 4.79 Å². The number of rotatable bonds is 6. The fourth-order valence-corrected chi connectivity index (χ4v) is 2.47. The number of amides is 1. The summed E-state index contributed by atoms with van der Waals surface area (Å²) >= 11 is 6.10. The molecule has 2 aromatic carbocycles. The average Bonchev–Trinajstić information content (AvgIpc) is 2.57. The quantitative estimate of drug-likeness (QED) is 0.816. The van der Waals surface area contributed by atoms with E-state index in [-0.39, 0.29) is 24.6 Å². The Morgan fingerprint density at radius 3 is 2.46 bits per heavy atom. The Morgan fingerprint density at radius 2 is 1.83 bits per heavy atom. The zero-order valence-corrected chi connectivity index (χ0v) is 13.8. The molecule has 0 aliphatic heterocycles. The zero-order valence-electron chi connectivity index (χ0n) is 13.1. The Bertz CT molecular complexity index is 718. The highest BCUT2D eigenvalue weighted by atomic mass is 35.5. The van der Waals surface area contributed by atoms with Crippen molar-refractivity contribution in [2.24, 2.45) is 0 Å². The molecule has 126 valence electrons. The molecule has 0 aromatic heterocycles. The largest absolute Gasteiger partial charge is 0.467 e. The molecule has 0 saturated carbocycles. The third-order valence-corrected chi connectivity index (χ3v) is 3.85. The molecule has 0 aliphatic carbocycles. The Kier molecular flexibility index (Phi) is 6.32. The Labute approximate surface area is 144 Å². The number of hydrogen-bond acceptors (Lipinski definition) is 3. The highest BCUT2D eigenvalue weighted by Crippen LogP contribution is 2.17. The van der Waals surface area contributed by atoms with Gasteiger partial charge in [-0.15, -0.1) is 0 Å². The third-order valence-electron chi connectivity index (χ3n) is 3.48. The third kappa shape index (κ3) is 5.06. The van der Waals surface area contributed by atoms with Crippen LogP contribution in [0.1, 0.15) is 11.1 Å². The van der Waals surface area contributed by atoms with E-state index in [0.717, 1.165) is 5.56 Å². The normalized spacial score (nSPS) is 11.6. The zero-order chi connectivity index (χ0) is 17.5. The molecule has 0 unspecified atom stereocenters. The first-order valence-electron chi connectivity index (χ1n) is 7.34. The van der Waals surface area contributed by atoms with Gasteiger partial charge in [0.1, 0.15) is 11.9 Å². The van der Waals surface area contributed by atoms with E-state index in [1.165, 1.54) is 31.4 Å². The minimum absolute atomic E-state index is 0.0380. The van der Waals surface area contributed by atoms with Crippen LogP contribution in [0.5, 0.6) is 0 Å². The van der Waals surface area contributed by atoms with E-state index in [0.29, 0.717) is 10.6 Å². The van der Waals surface area contributed by atoms with Crippen molar-refractivity contribution in [2.45, 2.75) is 18.9 Å². The van der Waals surface area contributed by atoms with Crippen LogP contribution in [0.3, 0.4) is 0 Å². The van der Waals surface area contributed by atoms with Gasteiger partial charge in [-0.1, -0.05) is 41.9 Å². The monoisotopic (exact) mass is 349 g/mol. The summed E-state index contributed by atoms with van der Waals surface area (Å²) in [6.07, 6.45) is 0.262. The molecule has 1 amide bonds. The second kappa shape index (κ2) is 8.45. The SMILES string of the molecule is COC(=O)[C@H](Cc1ccccc1Cl)NC(=O)Cc1ccc(F)cc1. The lowest BCUT2D eigenvalue weighted by molar-refractivity contribution is -0.145. The first kappa shape index (κ1) is 17.9. The summed E-state index contributed by atoms with van der Waals surface area (Å²) in [4.78, 5) is 24.1. The maximum Gasteiger partial charge on any atom is 0.328 e. The van der Waals surface area contributed by atoms with E-state index in [2.05, 4.69) is 5.32 Å². The van der Waals surface area contributed by atoms with Crippen molar-refractivity contribution in [2.75, 3.05) is 7.11 Å². The van der Waals surface area contributed by atoms with Crippen molar-refractivity contribution >= 4 is 23.5 Å². The van der Waals surface area contributed by atoms with Crippen LogP contribution < -0.4 is 5.32 Å². The first-order chi connectivity index (χ1) is 11.5. The molecule has 24 heavy (non-hydrogen) atoms. The number of carbonyl (C=O) groups is 2. The van der Waals surface area contributed by atoms with Crippen LogP contribution in [0.15, 0.2) is 48.5 Å². The van der Waals surface area contributed by atoms with E-state index in [1.54, 1.807) is 24.3 Å². The molecule has 0 saturated heterocycles. The van der Waals surface area contributed by atoms with Crippen molar-refractivity contribution in [3.8, 4) is 0 Å². The van der Waals surface area contributed by atoms with Gasteiger partial charge >= 0.3 is 5.97 Å². The number of ether oxygens (including phenoxy) is 1. The van der Waals surface area contributed by atoms with Crippen LogP contribution in [-0.4, -0.2) is 25.0 Å². The molecule has 6 heteroatoms. The Hall–Kier alpha value is -2.40. The number of methoxy groups -OCH3 is 1. The van der Waals surface area contributed by atoms with Crippen molar-refractivity contribution in [3.63, 3.8) is 0 Å². The van der Waals surface area contributed by atoms with Gasteiger partial charge in [-0.05, 0) is 29.3 Å². The number of benzene rings is 2. The molecular weight excluding hydrogens is 333 g/mol. The summed E-state index contributed by atoms with van der Waals surface area (Å²) in [7, 11) is 1.26. The van der Waals surface area contributed by atoms with Crippen LogP contribution >= 0.6 is 11.6 Å². The molecule has 0 spiro atoms. The summed E-state index contributed by atoms with van der Waals surface area (Å²) in [6.45, 7) is 0. The second-order valence-electron chi connectivity index (χ2n) is 5.24. The topological polar surface area (TPSA) is 55.4 Å². The van der Waals surface area contributed by atoms with Gasteiger partial charge in [0.25, 0.3) is 0 Å². The Balaban J connectivity index is 2.05. The molecule has 0 aliphatic rings. The van der Waals surface area contributed by atoms with Crippen molar-refractivity contribution in [1.29, 1.82) is 0 Å². The van der Waals surface area contributed by atoms with Crippen molar-refractivity contribution in [1.82, 2.24) is 5.32 Å². The molecule has 2 rings (SSSR count). The summed E-state index contributed by atoms with van der Waals surface area (Å²) < 4.78 is 17.6. The highest BCUT2D eigenvalue weighted by Gasteiger charge is 2.22. The average molecular weight is 350 g/mol. The van der Waals surface area contributed by atoms with Gasteiger partial charge in [0, 0.05) is 11.4 Å². The van der Waals surface area contributed by atoms with Crippen LogP contribution in [0.4, 0.5) is 4.39 Å². The van der Waals surface area contributed by atoms with E-state index in [4.69, 9.17) is 16.3 Å². The lowest BCUT2D eigenvalue weighted by Crippen LogP contribution is -2.43. The molecule has 0 bridgehead atoms. The number of hydrogen-bond donors (Lipinski definition) is 1. The summed E-state index contributed by atoms with van der Waals surface area (Å²) in [6, 6.07) is 11.8. The Morgan fingerprint density at radius 1 is 1.17 bits per heavy atom. The molecular formula is C18H17ClFNO3. The standard InChI is InChI=1S/C18H17ClFNO3/c1-24-18(23)16(11-13-4-2-3-5-15(13)19)21-17(22)10-12-6-8-14(20)9-7-12/h2-9,16H,10-11H2,1H3,(H,21,22)/t16-/m0/s1. The van der Waals surface area contributed by atoms with Gasteiger partial charge in [0.05, 0.1) is 13.5 Å². The fourth-order valence-electron chi connectivity index (χ4n) is 2.25. The summed E-state index contributed by atoms with van der Waals surface area (Å²) in [5, 5.41) is 3.15. The maximum absolute atomic E-state index is 12.9. The fraction of sp³-hybridized carbons (Fsp3) is 0.222. The van der Waals surface area contributed by atoms with Gasteiger partial charge in [0.15, 0.2) is 0 Å². The lowest BCUT2D eigenvalue weighted by atomic mass is 10.1. The minimum Gasteiger partial charge on any atom is -0.467 e. The lowest BCUT2D eigenvalue weighted by Gasteiger charge is -2.17. The molecule has 0 heterocycles. The van der Waals surface area contributed by atoms with Gasteiger partial charge in [-0.25, -0.2) is 9.18 Å². The van der Waals surface area contributed by atoms with E-state index in [9.17, 15) is 14.0 Å². The molecule has 0 fully saturated rings. The molecule has 0 radical (unpaired) electrons. The van der Waals surface area contributed by atoms with E-state index < -0.39 is 12.0 Å². The van der Waals surface area contributed by atoms with Crippen LogP contribution in [0.25, 0.3) is 0 Å². The van der Waals surface area contributed by atoms with Crippen LogP contribution in [0, 0.1) is 5.82 Å². The number of carbonyl (C=O) groups excluding carboxylic acids is 2.